The Bertz CT molecular complexity index is 147. The van der Waals surface area contributed by atoms with Crippen LogP contribution in [0.2, 0.25) is 0 Å². The van der Waals surface area contributed by atoms with Crippen LogP contribution in [0.4, 0.5) is 0 Å². The summed E-state index contributed by atoms with van der Waals surface area (Å²) in [7, 11) is 2.19. The molecule has 0 bridgehead atoms. The highest BCUT2D eigenvalue weighted by Gasteiger charge is 2.12. The number of piperazine rings is 1. The lowest BCUT2D eigenvalue weighted by Crippen LogP contribution is -2.46. The largest absolute Gasteiger partial charge is 0.396 e. The molecule has 1 rings (SSSR count). The molecule has 1 heterocycles. The highest BCUT2D eigenvalue weighted by Crippen LogP contribution is 1.97. The minimum absolute atomic E-state index is 0.320. The van der Waals surface area contributed by atoms with Crippen molar-refractivity contribution in [3.8, 4) is 0 Å². The van der Waals surface area contributed by atoms with Gasteiger partial charge in [0, 0.05) is 45.9 Å². The highest BCUT2D eigenvalue weighted by atomic mass is 16.2. The molecule has 1 saturated heterocycles. The van der Waals surface area contributed by atoms with Crippen LogP contribution in [0.3, 0.4) is 0 Å². The number of aliphatic hydroxyl groups excluding tert-OH is 1. The summed E-state index contributed by atoms with van der Waals surface area (Å²) in [5, 5.41) is 12.0. The van der Waals surface area contributed by atoms with Crippen molar-refractivity contribution in [1.29, 1.82) is 0 Å². The zero-order valence-electron chi connectivity index (χ0n) is 9.91. The molecule has 2 N–H and O–H groups in total. The van der Waals surface area contributed by atoms with Crippen molar-refractivity contribution in [3.05, 3.63) is 0 Å². The van der Waals surface area contributed by atoms with E-state index in [9.17, 15) is 0 Å². The van der Waals surface area contributed by atoms with Crippen molar-refractivity contribution in [2.45, 2.75) is 12.8 Å². The smallest absolute Gasteiger partial charge is 0.0431 e. The Morgan fingerprint density at radius 3 is 2.47 bits per heavy atom. The van der Waals surface area contributed by atoms with Crippen LogP contribution in [0.15, 0.2) is 0 Å². The molecule has 0 unspecified atom stereocenters. The lowest BCUT2D eigenvalue weighted by molar-refractivity contribution is 0.154. The van der Waals surface area contributed by atoms with Gasteiger partial charge in [0.25, 0.3) is 0 Å². The molecule has 15 heavy (non-hydrogen) atoms. The van der Waals surface area contributed by atoms with E-state index in [2.05, 4.69) is 22.2 Å². The van der Waals surface area contributed by atoms with Gasteiger partial charge in [-0.05, 0) is 26.4 Å². The molecule has 0 spiro atoms. The Morgan fingerprint density at radius 1 is 1.07 bits per heavy atom. The Hall–Kier alpha value is -0.160. The van der Waals surface area contributed by atoms with Crippen LogP contribution in [0.25, 0.3) is 0 Å². The van der Waals surface area contributed by atoms with E-state index in [0.717, 1.165) is 32.5 Å². The Labute approximate surface area is 93.2 Å². The van der Waals surface area contributed by atoms with Crippen LogP contribution in [0.5, 0.6) is 0 Å². The number of aliphatic hydroxyl groups is 1. The molecule has 1 fully saturated rings. The van der Waals surface area contributed by atoms with Gasteiger partial charge in [-0.3, -0.25) is 4.90 Å². The van der Waals surface area contributed by atoms with Gasteiger partial charge < -0.3 is 15.3 Å². The first-order valence-corrected chi connectivity index (χ1v) is 6.05. The first kappa shape index (κ1) is 12.9. The summed E-state index contributed by atoms with van der Waals surface area (Å²) in [6.45, 7) is 8.40. The molecule has 90 valence electrons. The van der Waals surface area contributed by atoms with Gasteiger partial charge in [0.05, 0.1) is 0 Å². The third kappa shape index (κ3) is 6.10. The van der Waals surface area contributed by atoms with E-state index < -0.39 is 0 Å². The lowest BCUT2D eigenvalue weighted by atomic mass is 10.3. The van der Waals surface area contributed by atoms with Crippen molar-refractivity contribution in [2.75, 3.05) is 59.5 Å². The summed E-state index contributed by atoms with van der Waals surface area (Å²) < 4.78 is 0. The minimum atomic E-state index is 0.320. The molecule has 4 nitrogen and oxygen atoms in total. The number of hydrogen-bond acceptors (Lipinski definition) is 4. The molecule has 1 aliphatic heterocycles. The van der Waals surface area contributed by atoms with Crippen LogP contribution in [-0.2, 0) is 0 Å². The average Bonchev–Trinajstić information content (AvgIpc) is 2.26. The third-order valence-electron chi connectivity index (χ3n) is 2.96. The first-order chi connectivity index (χ1) is 7.33. The van der Waals surface area contributed by atoms with E-state index in [0.29, 0.717) is 6.61 Å². The maximum absolute atomic E-state index is 8.61. The molecule has 0 aromatic heterocycles. The van der Waals surface area contributed by atoms with E-state index >= 15 is 0 Å². The van der Waals surface area contributed by atoms with Gasteiger partial charge in [-0.2, -0.15) is 0 Å². The standard InChI is InChI=1S/C11H25N3O/c1-13-7-9-14(10-8-13)6-5-12-4-2-3-11-15/h12,15H,2-11H2,1H3. The monoisotopic (exact) mass is 215 g/mol. The van der Waals surface area contributed by atoms with Crippen molar-refractivity contribution in [3.63, 3.8) is 0 Å². The molecule has 4 heteroatoms. The molecule has 0 aromatic carbocycles. The molecule has 0 amide bonds. The molecule has 0 atom stereocenters. The van der Waals surface area contributed by atoms with Gasteiger partial charge in [0.1, 0.15) is 0 Å². The van der Waals surface area contributed by atoms with E-state index in [4.69, 9.17) is 5.11 Å². The third-order valence-corrected chi connectivity index (χ3v) is 2.96. The summed E-state index contributed by atoms with van der Waals surface area (Å²) >= 11 is 0. The van der Waals surface area contributed by atoms with Gasteiger partial charge in [0.15, 0.2) is 0 Å². The molecule has 0 radical (unpaired) electrons. The molecular weight excluding hydrogens is 190 g/mol. The second-order valence-electron chi connectivity index (χ2n) is 4.33. The fourth-order valence-corrected chi connectivity index (χ4v) is 1.80. The molecule has 1 aliphatic rings. The SMILES string of the molecule is CN1CCN(CCNCCCCO)CC1. The van der Waals surface area contributed by atoms with Gasteiger partial charge in [-0.25, -0.2) is 0 Å². The number of likely N-dealkylation sites (N-methyl/N-ethyl adjacent to an activating group) is 1. The van der Waals surface area contributed by atoms with E-state index in [-0.39, 0.29) is 0 Å². The van der Waals surface area contributed by atoms with Crippen LogP contribution in [0, 0.1) is 0 Å². The fourth-order valence-electron chi connectivity index (χ4n) is 1.80. The molecule has 0 aromatic rings. The Balaban J connectivity index is 1.87. The van der Waals surface area contributed by atoms with Gasteiger partial charge >= 0.3 is 0 Å². The van der Waals surface area contributed by atoms with E-state index in [1.54, 1.807) is 0 Å². The Morgan fingerprint density at radius 2 is 1.80 bits per heavy atom. The first-order valence-electron chi connectivity index (χ1n) is 6.05. The Kier molecular flexibility index (Phi) is 6.92. The summed E-state index contributed by atoms with van der Waals surface area (Å²) in [6.07, 6.45) is 2.00. The summed E-state index contributed by atoms with van der Waals surface area (Å²) in [4.78, 5) is 4.89. The summed E-state index contributed by atoms with van der Waals surface area (Å²) in [6, 6.07) is 0. The zero-order chi connectivity index (χ0) is 10.9. The zero-order valence-corrected chi connectivity index (χ0v) is 9.91. The van der Waals surface area contributed by atoms with Crippen molar-refractivity contribution >= 4 is 0 Å². The van der Waals surface area contributed by atoms with Crippen molar-refractivity contribution in [1.82, 2.24) is 15.1 Å². The minimum Gasteiger partial charge on any atom is -0.396 e. The van der Waals surface area contributed by atoms with E-state index in [1.165, 1.54) is 26.2 Å². The maximum Gasteiger partial charge on any atom is 0.0431 e. The molecule has 0 aliphatic carbocycles. The van der Waals surface area contributed by atoms with E-state index in [1.807, 2.05) is 0 Å². The predicted octanol–water partition coefficient (Wildman–Crippen LogP) is -0.404. The maximum atomic E-state index is 8.61. The predicted molar refractivity (Wildman–Crippen MR) is 63.1 cm³/mol. The number of hydrogen-bond donors (Lipinski definition) is 2. The lowest BCUT2D eigenvalue weighted by Gasteiger charge is -2.32. The summed E-state index contributed by atoms with van der Waals surface area (Å²) in [5.74, 6) is 0. The van der Waals surface area contributed by atoms with Crippen LogP contribution in [0.1, 0.15) is 12.8 Å². The van der Waals surface area contributed by atoms with Crippen molar-refractivity contribution < 1.29 is 5.11 Å². The normalized spacial score (nSPS) is 19.6. The second-order valence-corrected chi connectivity index (χ2v) is 4.33. The average molecular weight is 215 g/mol. The quantitative estimate of drug-likeness (QED) is 0.567. The second kappa shape index (κ2) is 8.05. The van der Waals surface area contributed by atoms with Crippen LogP contribution < -0.4 is 5.32 Å². The summed E-state index contributed by atoms with van der Waals surface area (Å²) in [5.41, 5.74) is 0. The van der Waals surface area contributed by atoms with Gasteiger partial charge in [0.2, 0.25) is 0 Å². The van der Waals surface area contributed by atoms with Gasteiger partial charge in [-0.15, -0.1) is 0 Å². The van der Waals surface area contributed by atoms with Crippen LogP contribution in [-0.4, -0.2) is 74.4 Å². The number of unbranched alkanes of at least 4 members (excludes halogenated alkanes) is 1. The fraction of sp³-hybridized carbons (Fsp3) is 1.00. The topological polar surface area (TPSA) is 38.7 Å². The number of rotatable bonds is 7. The van der Waals surface area contributed by atoms with Crippen LogP contribution >= 0.6 is 0 Å². The number of nitrogens with one attached hydrogen (secondary N) is 1. The highest BCUT2D eigenvalue weighted by molar-refractivity contribution is 4.69. The van der Waals surface area contributed by atoms with Crippen molar-refractivity contribution in [2.24, 2.45) is 0 Å². The van der Waals surface area contributed by atoms with Gasteiger partial charge in [-0.1, -0.05) is 0 Å². The number of nitrogens with zero attached hydrogens (tertiary/aromatic N) is 2. The molecular formula is C11H25N3O. The molecule has 0 saturated carbocycles.